The molecule has 0 fully saturated rings. The molecule has 6 heteroatoms. The van der Waals surface area contributed by atoms with E-state index in [9.17, 15) is 9.18 Å². The summed E-state index contributed by atoms with van der Waals surface area (Å²) in [4.78, 5) is 12.1. The lowest BCUT2D eigenvalue weighted by molar-refractivity contribution is 0.102. The zero-order chi connectivity index (χ0) is 17.8. The summed E-state index contributed by atoms with van der Waals surface area (Å²) in [7, 11) is 0. The lowest BCUT2D eigenvalue weighted by atomic mass is 10.2. The van der Waals surface area contributed by atoms with Gasteiger partial charge < -0.3 is 10.1 Å². The highest BCUT2D eigenvalue weighted by atomic mass is 35.5. The van der Waals surface area contributed by atoms with Gasteiger partial charge in [-0.3, -0.25) is 4.79 Å². The summed E-state index contributed by atoms with van der Waals surface area (Å²) in [6.45, 7) is 0. The summed E-state index contributed by atoms with van der Waals surface area (Å²) in [6, 6.07) is 17.3. The normalized spacial score (nSPS) is 10.4. The SMILES string of the molecule is O=C(Nc1ccc(Oc2ccc(Cl)cc2Cl)cc1)c1ccccc1F. The van der Waals surface area contributed by atoms with Crippen LogP contribution < -0.4 is 10.1 Å². The molecule has 0 bridgehead atoms. The molecule has 25 heavy (non-hydrogen) atoms. The fourth-order valence-electron chi connectivity index (χ4n) is 2.14. The van der Waals surface area contributed by atoms with E-state index in [2.05, 4.69) is 5.32 Å². The zero-order valence-corrected chi connectivity index (χ0v) is 14.3. The van der Waals surface area contributed by atoms with Gasteiger partial charge in [0.25, 0.3) is 5.91 Å². The lowest BCUT2D eigenvalue weighted by Crippen LogP contribution is -2.13. The molecule has 0 unspecified atom stereocenters. The molecule has 1 N–H and O–H groups in total. The molecule has 0 spiro atoms. The maximum atomic E-state index is 13.6. The third-order valence-electron chi connectivity index (χ3n) is 3.35. The van der Waals surface area contributed by atoms with E-state index in [1.54, 1.807) is 48.5 Å². The number of benzene rings is 3. The maximum absolute atomic E-state index is 13.6. The van der Waals surface area contributed by atoms with Crippen LogP contribution in [0.4, 0.5) is 10.1 Å². The molecular formula is C19H12Cl2FNO2. The number of anilines is 1. The fourth-order valence-corrected chi connectivity index (χ4v) is 2.58. The lowest BCUT2D eigenvalue weighted by Gasteiger charge is -2.09. The Morgan fingerprint density at radius 3 is 2.36 bits per heavy atom. The fraction of sp³-hybridized carbons (Fsp3) is 0. The molecule has 3 rings (SSSR count). The number of hydrogen-bond acceptors (Lipinski definition) is 2. The van der Waals surface area contributed by atoms with Crippen molar-refractivity contribution in [2.24, 2.45) is 0 Å². The van der Waals surface area contributed by atoms with Gasteiger partial charge in [0, 0.05) is 10.7 Å². The smallest absolute Gasteiger partial charge is 0.258 e. The van der Waals surface area contributed by atoms with Crippen molar-refractivity contribution in [2.45, 2.75) is 0 Å². The van der Waals surface area contributed by atoms with Crippen molar-refractivity contribution in [2.75, 3.05) is 5.32 Å². The molecule has 3 aromatic carbocycles. The van der Waals surface area contributed by atoms with E-state index in [-0.39, 0.29) is 5.56 Å². The summed E-state index contributed by atoms with van der Waals surface area (Å²) in [5.74, 6) is -0.0906. The van der Waals surface area contributed by atoms with Crippen LogP contribution in [0.15, 0.2) is 66.7 Å². The first-order chi connectivity index (χ1) is 12.0. The van der Waals surface area contributed by atoms with Crippen LogP contribution in [-0.4, -0.2) is 5.91 Å². The topological polar surface area (TPSA) is 38.3 Å². The van der Waals surface area contributed by atoms with E-state index in [1.807, 2.05) is 0 Å². The van der Waals surface area contributed by atoms with Gasteiger partial charge in [0.2, 0.25) is 0 Å². The monoisotopic (exact) mass is 375 g/mol. The van der Waals surface area contributed by atoms with E-state index in [0.29, 0.717) is 27.2 Å². The molecule has 0 aliphatic heterocycles. The van der Waals surface area contributed by atoms with Crippen molar-refractivity contribution < 1.29 is 13.9 Å². The number of carbonyl (C=O) groups is 1. The van der Waals surface area contributed by atoms with Crippen molar-refractivity contribution >= 4 is 34.8 Å². The first kappa shape index (κ1) is 17.3. The maximum Gasteiger partial charge on any atom is 0.258 e. The Labute approximate surface area is 154 Å². The summed E-state index contributed by atoms with van der Waals surface area (Å²) >= 11 is 11.9. The van der Waals surface area contributed by atoms with Crippen molar-refractivity contribution in [1.29, 1.82) is 0 Å². The number of carbonyl (C=O) groups excluding carboxylic acids is 1. The highest BCUT2D eigenvalue weighted by Crippen LogP contribution is 2.32. The van der Waals surface area contributed by atoms with Gasteiger partial charge in [-0.2, -0.15) is 0 Å². The van der Waals surface area contributed by atoms with Crippen LogP contribution in [0, 0.1) is 5.82 Å². The van der Waals surface area contributed by atoms with E-state index in [0.717, 1.165) is 0 Å². The minimum absolute atomic E-state index is 0.0178. The second-order valence-electron chi connectivity index (χ2n) is 5.14. The summed E-state index contributed by atoms with van der Waals surface area (Å²) in [5, 5.41) is 3.54. The quantitative estimate of drug-likeness (QED) is 0.591. The van der Waals surface area contributed by atoms with E-state index >= 15 is 0 Å². The Balaban J connectivity index is 1.70. The Morgan fingerprint density at radius 1 is 0.960 bits per heavy atom. The van der Waals surface area contributed by atoms with Crippen molar-refractivity contribution in [3.8, 4) is 11.5 Å². The van der Waals surface area contributed by atoms with Crippen LogP contribution in [0.2, 0.25) is 10.0 Å². The number of hydrogen-bond donors (Lipinski definition) is 1. The van der Waals surface area contributed by atoms with Crippen LogP contribution in [0.1, 0.15) is 10.4 Å². The first-order valence-electron chi connectivity index (χ1n) is 7.32. The Bertz CT molecular complexity index is 914. The molecule has 0 aliphatic carbocycles. The standard InChI is InChI=1S/C19H12Cl2FNO2/c20-12-5-10-18(16(21)11-12)25-14-8-6-13(7-9-14)23-19(24)15-3-1-2-4-17(15)22/h1-11H,(H,23,24). The summed E-state index contributed by atoms with van der Waals surface area (Å²) in [5.41, 5.74) is 0.499. The molecular weight excluding hydrogens is 364 g/mol. The van der Waals surface area contributed by atoms with Gasteiger partial charge in [0.05, 0.1) is 10.6 Å². The van der Waals surface area contributed by atoms with Crippen LogP contribution >= 0.6 is 23.2 Å². The highest BCUT2D eigenvalue weighted by molar-refractivity contribution is 6.35. The number of ether oxygens (including phenoxy) is 1. The molecule has 3 nitrogen and oxygen atoms in total. The second kappa shape index (κ2) is 7.55. The average molecular weight is 376 g/mol. The molecule has 0 atom stereocenters. The van der Waals surface area contributed by atoms with Gasteiger partial charge in [0.1, 0.15) is 17.3 Å². The van der Waals surface area contributed by atoms with Gasteiger partial charge in [-0.15, -0.1) is 0 Å². The van der Waals surface area contributed by atoms with Gasteiger partial charge in [-0.05, 0) is 54.6 Å². The van der Waals surface area contributed by atoms with E-state index in [4.69, 9.17) is 27.9 Å². The highest BCUT2D eigenvalue weighted by Gasteiger charge is 2.11. The number of amides is 1. The molecule has 0 aliphatic rings. The molecule has 0 radical (unpaired) electrons. The van der Waals surface area contributed by atoms with E-state index < -0.39 is 11.7 Å². The van der Waals surface area contributed by atoms with Gasteiger partial charge in [0.15, 0.2) is 0 Å². The van der Waals surface area contributed by atoms with Crippen LogP contribution in [0.3, 0.4) is 0 Å². The Hall–Kier alpha value is -2.56. The molecule has 1 amide bonds. The molecule has 3 aromatic rings. The Kier molecular flexibility index (Phi) is 5.22. The predicted molar refractivity (Wildman–Crippen MR) is 97.3 cm³/mol. The first-order valence-corrected chi connectivity index (χ1v) is 8.07. The summed E-state index contributed by atoms with van der Waals surface area (Å²) < 4.78 is 19.3. The number of halogens is 3. The number of nitrogens with one attached hydrogen (secondary N) is 1. The molecule has 0 heterocycles. The summed E-state index contributed by atoms with van der Waals surface area (Å²) in [6.07, 6.45) is 0. The third kappa shape index (κ3) is 4.29. The third-order valence-corrected chi connectivity index (χ3v) is 3.88. The minimum Gasteiger partial charge on any atom is -0.456 e. The van der Waals surface area contributed by atoms with E-state index in [1.165, 1.54) is 18.2 Å². The van der Waals surface area contributed by atoms with Crippen LogP contribution in [0.25, 0.3) is 0 Å². The van der Waals surface area contributed by atoms with Gasteiger partial charge in [-0.25, -0.2) is 4.39 Å². The average Bonchev–Trinajstić information content (AvgIpc) is 2.59. The van der Waals surface area contributed by atoms with Crippen LogP contribution in [-0.2, 0) is 0 Å². The zero-order valence-electron chi connectivity index (χ0n) is 12.8. The van der Waals surface area contributed by atoms with Gasteiger partial charge >= 0.3 is 0 Å². The largest absolute Gasteiger partial charge is 0.456 e. The molecule has 0 saturated heterocycles. The van der Waals surface area contributed by atoms with Crippen LogP contribution in [0.5, 0.6) is 11.5 Å². The van der Waals surface area contributed by atoms with Crippen molar-refractivity contribution in [3.05, 3.63) is 88.2 Å². The number of rotatable bonds is 4. The van der Waals surface area contributed by atoms with Gasteiger partial charge in [-0.1, -0.05) is 35.3 Å². The Morgan fingerprint density at radius 2 is 1.68 bits per heavy atom. The molecule has 0 saturated carbocycles. The molecule has 126 valence electrons. The second-order valence-corrected chi connectivity index (χ2v) is 5.98. The minimum atomic E-state index is -0.572. The molecule has 0 aromatic heterocycles. The predicted octanol–water partition coefficient (Wildman–Crippen LogP) is 6.18. The van der Waals surface area contributed by atoms with Crippen molar-refractivity contribution in [1.82, 2.24) is 0 Å². The van der Waals surface area contributed by atoms with Crippen molar-refractivity contribution in [3.63, 3.8) is 0 Å².